The number of hydrogen-bond acceptors (Lipinski definition) is 3. The maximum Gasteiger partial charge on any atom is 0.173 e. The van der Waals surface area contributed by atoms with Crippen LogP contribution in [0, 0.1) is 13.8 Å². The van der Waals surface area contributed by atoms with Crippen LogP contribution in [0.3, 0.4) is 0 Å². The lowest BCUT2D eigenvalue weighted by atomic mass is 10.1. The number of hydrogen-bond donors (Lipinski definition) is 1. The van der Waals surface area contributed by atoms with Gasteiger partial charge in [-0.15, -0.1) is 0 Å². The lowest BCUT2D eigenvalue weighted by Gasteiger charge is -2.36. The van der Waals surface area contributed by atoms with Crippen LogP contribution in [0.2, 0.25) is 5.02 Å². The number of nitrogens with one attached hydrogen (secondary N) is 1. The second-order valence-electron chi connectivity index (χ2n) is 7.60. The average molecular weight is 440 g/mol. The molecule has 0 radical (unpaired) electrons. The number of thiocarbonyl (C=S) groups is 1. The van der Waals surface area contributed by atoms with Gasteiger partial charge in [0.1, 0.15) is 0 Å². The minimum absolute atomic E-state index is 0.703. The van der Waals surface area contributed by atoms with Crippen LogP contribution in [0.15, 0.2) is 54.6 Å². The molecule has 4 rings (SSSR count). The minimum Gasteiger partial charge on any atom is -0.346 e. The van der Waals surface area contributed by atoms with Gasteiger partial charge in [0.05, 0.1) is 11.4 Å². The van der Waals surface area contributed by atoms with Crippen molar-refractivity contribution in [2.24, 2.45) is 0 Å². The summed E-state index contributed by atoms with van der Waals surface area (Å²) in [5, 5.41) is 9.53. The molecule has 0 aliphatic carbocycles. The number of nitrogens with zero attached hydrogens (tertiary/aromatic N) is 4. The number of para-hydroxylation sites is 1. The highest BCUT2D eigenvalue weighted by atomic mass is 35.5. The number of piperazine rings is 1. The van der Waals surface area contributed by atoms with E-state index in [-0.39, 0.29) is 0 Å². The van der Waals surface area contributed by atoms with Crippen molar-refractivity contribution in [3.63, 3.8) is 0 Å². The van der Waals surface area contributed by atoms with Gasteiger partial charge in [-0.3, -0.25) is 4.90 Å². The van der Waals surface area contributed by atoms with Crippen molar-refractivity contribution in [2.75, 3.05) is 31.5 Å². The summed E-state index contributed by atoms with van der Waals surface area (Å²) in [5.41, 5.74) is 5.64. The summed E-state index contributed by atoms with van der Waals surface area (Å²) in [6.07, 6.45) is 0. The van der Waals surface area contributed by atoms with Crippen molar-refractivity contribution in [3.05, 3.63) is 76.6 Å². The molecule has 0 saturated carbocycles. The molecule has 1 saturated heterocycles. The van der Waals surface area contributed by atoms with Crippen molar-refractivity contribution >= 4 is 34.6 Å². The van der Waals surface area contributed by atoms with E-state index in [1.807, 2.05) is 47.1 Å². The summed E-state index contributed by atoms with van der Waals surface area (Å²) in [6.45, 7) is 8.89. The summed E-state index contributed by atoms with van der Waals surface area (Å²) < 4.78 is 2.05. The molecule has 7 heteroatoms. The molecule has 1 N–H and O–H groups in total. The average Bonchev–Trinajstić information content (AvgIpc) is 3.03. The number of aromatic nitrogens is 2. The number of halogens is 1. The third-order valence-corrected chi connectivity index (χ3v) is 6.15. The van der Waals surface area contributed by atoms with Crippen LogP contribution in [0.4, 0.5) is 5.69 Å². The van der Waals surface area contributed by atoms with Crippen molar-refractivity contribution in [1.82, 2.24) is 19.6 Å². The standard InChI is InChI=1S/C23H26ClN5S/c1-17-22(18(2)29(26-17)21-9-4-3-5-10-21)16-27-11-13-28(14-12-27)23(30)25-20-8-6-7-19(24)15-20/h3-10,15H,11-14,16H2,1-2H3,(H,25,30). The molecule has 3 aromatic rings. The molecule has 0 spiro atoms. The third-order valence-electron chi connectivity index (χ3n) is 5.56. The Kier molecular flexibility index (Phi) is 6.37. The quantitative estimate of drug-likeness (QED) is 0.598. The summed E-state index contributed by atoms with van der Waals surface area (Å²) in [7, 11) is 0. The van der Waals surface area contributed by atoms with Gasteiger partial charge in [-0.05, 0) is 56.4 Å². The summed E-state index contributed by atoms with van der Waals surface area (Å²) in [6, 6.07) is 18.0. The molecule has 0 bridgehead atoms. The van der Waals surface area contributed by atoms with Crippen LogP contribution in [0.1, 0.15) is 17.0 Å². The molecule has 156 valence electrons. The number of anilines is 1. The molecular formula is C23H26ClN5S. The van der Waals surface area contributed by atoms with Gasteiger partial charge in [-0.25, -0.2) is 4.68 Å². The zero-order valence-corrected chi connectivity index (χ0v) is 18.9. The Balaban J connectivity index is 1.36. The second-order valence-corrected chi connectivity index (χ2v) is 8.42. The highest BCUT2D eigenvalue weighted by Crippen LogP contribution is 2.21. The highest BCUT2D eigenvalue weighted by molar-refractivity contribution is 7.80. The first-order valence-electron chi connectivity index (χ1n) is 10.2. The van der Waals surface area contributed by atoms with E-state index in [1.54, 1.807) is 0 Å². The van der Waals surface area contributed by atoms with Crippen LogP contribution in [0.5, 0.6) is 0 Å². The van der Waals surface area contributed by atoms with Gasteiger partial charge in [-0.1, -0.05) is 35.9 Å². The Morgan fingerprint density at radius 2 is 1.77 bits per heavy atom. The third kappa shape index (κ3) is 4.67. The normalized spacial score (nSPS) is 14.7. The zero-order valence-electron chi connectivity index (χ0n) is 17.3. The fraction of sp³-hybridized carbons (Fsp3) is 0.304. The van der Waals surface area contributed by atoms with E-state index in [0.717, 1.165) is 54.9 Å². The first-order valence-corrected chi connectivity index (χ1v) is 10.9. The highest BCUT2D eigenvalue weighted by Gasteiger charge is 2.22. The SMILES string of the molecule is Cc1nn(-c2ccccc2)c(C)c1CN1CCN(C(=S)Nc2cccc(Cl)c2)CC1. The van der Waals surface area contributed by atoms with E-state index < -0.39 is 0 Å². The van der Waals surface area contributed by atoms with Gasteiger partial charge in [0.25, 0.3) is 0 Å². The summed E-state index contributed by atoms with van der Waals surface area (Å²) >= 11 is 11.7. The molecule has 5 nitrogen and oxygen atoms in total. The Labute approximate surface area is 188 Å². The fourth-order valence-corrected chi connectivity index (χ4v) is 4.32. The van der Waals surface area contributed by atoms with Gasteiger partial charge in [-0.2, -0.15) is 5.10 Å². The molecule has 2 aromatic carbocycles. The first kappa shape index (κ1) is 20.8. The second kappa shape index (κ2) is 9.16. The van der Waals surface area contributed by atoms with Crippen LogP contribution in [-0.4, -0.2) is 50.9 Å². The number of aryl methyl sites for hydroxylation is 1. The number of rotatable bonds is 4. The molecule has 2 heterocycles. The maximum atomic E-state index is 6.07. The predicted octanol–water partition coefficient (Wildman–Crippen LogP) is 4.66. The molecule has 0 amide bonds. The Morgan fingerprint density at radius 1 is 1.03 bits per heavy atom. The molecule has 1 aromatic heterocycles. The molecule has 0 atom stereocenters. The Hall–Kier alpha value is -2.41. The largest absolute Gasteiger partial charge is 0.346 e. The molecule has 30 heavy (non-hydrogen) atoms. The topological polar surface area (TPSA) is 36.3 Å². The molecule has 1 fully saturated rings. The van der Waals surface area contributed by atoms with Crippen LogP contribution >= 0.6 is 23.8 Å². The monoisotopic (exact) mass is 439 g/mol. The molecule has 1 aliphatic heterocycles. The molecule has 0 unspecified atom stereocenters. The lowest BCUT2D eigenvalue weighted by Crippen LogP contribution is -2.49. The summed E-state index contributed by atoms with van der Waals surface area (Å²) in [5.74, 6) is 0. The first-order chi connectivity index (χ1) is 14.5. The van der Waals surface area contributed by atoms with Crippen molar-refractivity contribution in [2.45, 2.75) is 20.4 Å². The van der Waals surface area contributed by atoms with Gasteiger partial charge < -0.3 is 10.2 Å². The van der Waals surface area contributed by atoms with Gasteiger partial charge in [0, 0.05) is 54.7 Å². The molecule has 1 aliphatic rings. The van der Waals surface area contributed by atoms with E-state index in [2.05, 4.69) is 41.1 Å². The van der Waals surface area contributed by atoms with E-state index >= 15 is 0 Å². The fourth-order valence-electron chi connectivity index (χ4n) is 3.83. The maximum absolute atomic E-state index is 6.07. The van der Waals surface area contributed by atoms with Crippen LogP contribution < -0.4 is 5.32 Å². The smallest absolute Gasteiger partial charge is 0.173 e. The van der Waals surface area contributed by atoms with Crippen molar-refractivity contribution in [1.29, 1.82) is 0 Å². The minimum atomic E-state index is 0.703. The Bertz CT molecular complexity index is 1030. The van der Waals surface area contributed by atoms with Crippen LogP contribution in [-0.2, 0) is 6.54 Å². The summed E-state index contributed by atoms with van der Waals surface area (Å²) in [4.78, 5) is 4.70. The van der Waals surface area contributed by atoms with Gasteiger partial charge >= 0.3 is 0 Å². The lowest BCUT2D eigenvalue weighted by molar-refractivity contribution is 0.176. The van der Waals surface area contributed by atoms with E-state index in [1.165, 1.54) is 11.3 Å². The molecular weight excluding hydrogens is 414 g/mol. The van der Waals surface area contributed by atoms with Gasteiger partial charge in [0.2, 0.25) is 0 Å². The van der Waals surface area contributed by atoms with E-state index in [0.29, 0.717) is 5.02 Å². The van der Waals surface area contributed by atoms with E-state index in [9.17, 15) is 0 Å². The van der Waals surface area contributed by atoms with Crippen molar-refractivity contribution in [3.8, 4) is 5.69 Å². The van der Waals surface area contributed by atoms with Gasteiger partial charge in [0.15, 0.2) is 5.11 Å². The zero-order chi connectivity index (χ0) is 21.1. The van der Waals surface area contributed by atoms with Crippen molar-refractivity contribution < 1.29 is 0 Å². The van der Waals surface area contributed by atoms with Crippen LogP contribution in [0.25, 0.3) is 5.69 Å². The Morgan fingerprint density at radius 3 is 2.47 bits per heavy atom. The van der Waals surface area contributed by atoms with E-state index in [4.69, 9.17) is 28.9 Å². The number of benzene rings is 2. The predicted molar refractivity (Wildman–Crippen MR) is 128 cm³/mol.